The molecule has 0 atom stereocenters. The average molecular weight is 237 g/mol. The predicted octanol–water partition coefficient (Wildman–Crippen LogP) is 1.79. The lowest BCUT2D eigenvalue weighted by Crippen LogP contribution is -2.41. The molecule has 0 bridgehead atoms. The zero-order chi connectivity index (χ0) is 12.5. The van der Waals surface area contributed by atoms with Gasteiger partial charge in [-0.2, -0.15) is 0 Å². The molecule has 3 N–H and O–H groups in total. The molecule has 0 heterocycles. The molecule has 0 aromatic heterocycles. The number of hydrogen-bond acceptors (Lipinski definition) is 4. The number of methoxy groups -OCH3 is 2. The van der Waals surface area contributed by atoms with Crippen LogP contribution in [0.25, 0.3) is 0 Å². The van der Waals surface area contributed by atoms with Gasteiger partial charge in [0.1, 0.15) is 0 Å². The van der Waals surface area contributed by atoms with Crippen molar-refractivity contribution >= 4 is 0 Å². The third kappa shape index (κ3) is 1.72. The van der Waals surface area contributed by atoms with E-state index in [1.807, 2.05) is 12.1 Å². The highest BCUT2D eigenvalue weighted by atomic mass is 16.5. The largest absolute Gasteiger partial charge is 0.504 e. The summed E-state index contributed by atoms with van der Waals surface area (Å²) in [5.74, 6) is 1.10. The molecule has 0 amide bonds. The molecule has 94 valence electrons. The van der Waals surface area contributed by atoms with Gasteiger partial charge >= 0.3 is 0 Å². The van der Waals surface area contributed by atoms with Gasteiger partial charge in [-0.3, -0.25) is 0 Å². The Morgan fingerprint density at radius 3 is 2.41 bits per heavy atom. The number of phenolic OH excluding ortho intramolecular Hbond substituents is 1. The minimum atomic E-state index is -0.0797. The summed E-state index contributed by atoms with van der Waals surface area (Å²) in [5.41, 5.74) is 6.65. The Balaban J connectivity index is 2.49. The highest BCUT2D eigenvalue weighted by Gasteiger charge is 2.40. The van der Waals surface area contributed by atoms with Crippen molar-refractivity contribution in [2.24, 2.45) is 5.73 Å². The Morgan fingerprint density at radius 1 is 1.29 bits per heavy atom. The summed E-state index contributed by atoms with van der Waals surface area (Å²) in [5, 5.41) is 10.3. The molecule has 0 spiro atoms. The van der Waals surface area contributed by atoms with E-state index in [-0.39, 0.29) is 11.2 Å². The average Bonchev–Trinajstić information content (AvgIpc) is 2.30. The molecule has 1 fully saturated rings. The molecule has 1 aromatic rings. The van der Waals surface area contributed by atoms with Crippen molar-refractivity contribution in [1.29, 1.82) is 0 Å². The SMILES string of the molecule is COc1ccc(C2(CN)CCC2)c(O)c1OC. The molecular formula is C13H19NO3. The number of rotatable bonds is 4. The van der Waals surface area contributed by atoms with E-state index in [2.05, 4.69) is 0 Å². The van der Waals surface area contributed by atoms with E-state index in [0.29, 0.717) is 18.0 Å². The van der Waals surface area contributed by atoms with Gasteiger partial charge in [0.15, 0.2) is 11.5 Å². The van der Waals surface area contributed by atoms with Crippen LogP contribution in [0.5, 0.6) is 17.2 Å². The maximum Gasteiger partial charge on any atom is 0.203 e. The number of aromatic hydroxyl groups is 1. The first-order chi connectivity index (χ1) is 8.18. The first-order valence-electron chi connectivity index (χ1n) is 5.83. The lowest BCUT2D eigenvalue weighted by atomic mass is 9.64. The molecule has 2 rings (SSSR count). The van der Waals surface area contributed by atoms with Crippen LogP contribution in [0.15, 0.2) is 12.1 Å². The Labute approximate surface area is 101 Å². The molecule has 0 saturated heterocycles. The maximum absolute atomic E-state index is 10.3. The Bertz CT molecular complexity index is 408. The zero-order valence-electron chi connectivity index (χ0n) is 10.3. The summed E-state index contributed by atoms with van der Waals surface area (Å²) in [6.07, 6.45) is 3.20. The van der Waals surface area contributed by atoms with E-state index >= 15 is 0 Å². The minimum absolute atomic E-state index is 0.0797. The van der Waals surface area contributed by atoms with E-state index < -0.39 is 0 Å². The van der Waals surface area contributed by atoms with Gasteiger partial charge in [0, 0.05) is 17.5 Å². The molecule has 4 nitrogen and oxygen atoms in total. The fraction of sp³-hybridized carbons (Fsp3) is 0.538. The number of ether oxygens (including phenoxy) is 2. The van der Waals surface area contributed by atoms with Gasteiger partial charge < -0.3 is 20.3 Å². The van der Waals surface area contributed by atoms with Crippen molar-refractivity contribution in [2.45, 2.75) is 24.7 Å². The predicted molar refractivity (Wildman–Crippen MR) is 65.8 cm³/mol. The van der Waals surface area contributed by atoms with Crippen LogP contribution in [0.1, 0.15) is 24.8 Å². The van der Waals surface area contributed by atoms with Gasteiger partial charge in [0.05, 0.1) is 14.2 Å². The van der Waals surface area contributed by atoms with E-state index in [1.54, 1.807) is 7.11 Å². The van der Waals surface area contributed by atoms with E-state index in [4.69, 9.17) is 15.2 Å². The summed E-state index contributed by atoms with van der Waals surface area (Å²) in [6, 6.07) is 3.71. The summed E-state index contributed by atoms with van der Waals surface area (Å²) >= 11 is 0. The van der Waals surface area contributed by atoms with Crippen molar-refractivity contribution in [2.75, 3.05) is 20.8 Å². The van der Waals surface area contributed by atoms with Crippen LogP contribution < -0.4 is 15.2 Å². The summed E-state index contributed by atoms with van der Waals surface area (Å²) in [7, 11) is 3.08. The second-order valence-corrected chi connectivity index (χ2v) is 4.54. The summed E-state index contributed by atoms with van der Waals surface area (Å²) in [6.45, 7) is 0.552. The van der Waals surface area contributed by atoms with Crippen molar-refractivity contribution < 1.29 is 14.6 Å². The molecule has 1 aliphatic carbocycles. The van der Waals surface area contributed by atoms with Gasteiger partial charge in [-0.1, -0.05) is 12.5 Å². The van der Waals surface area contributed by atoms with Crippen molar-refractivity contribution in [1.82, 2.24) is 0 Å². The van der Waals surface area contributed by atoms with Crippen LogP contribution >= 0.6 is 0 Å². The quantitative estimate of drug-likeness (QED) is 0.838. The summed E-state index contributed by atoms with van der Waals surface area (Å²) < 4.78 is 10.4. The number of phenols is 1. The van der Waals surface area contributed by atoms with Crippen molar-refractivity contribution in [3.63, 3.8) is 0 Å². The summed E-state index contributed by atoms with van der Waals surface area (Å²) in [4.78, 5) is 0. The monoisotopic (exact) mass is 237 g/mol. The van der Waals surface area contributed by atoms with Crippen LogP contribution in [0.4, 0.5) is 0 Å². The molecule has 4 heteroatoms. The first kappa shape index (κ1) is 12.0. The molecular weight excluding hydrogens is 218 g/mol. The smallest absolute Gasteiger partial charge is 0.203 e. The van der Waals surface area contributed by atoms with Crippen LogP contribution in [-0.2, 0) is 5.41 Å². The lowest BCUT2D eigenvalue weighted by molar-refractivity contribution is 0.240. The molecule has 0 radical (unpaired) electrons. The van der Waals surface area contributed by atoms with Gasteiger partial charge in [-0.05, 0) is 18.9 Å². The van der Waals surface area contributed by atoms with E-state index in [0.717, 1.165) is 24.8 Å². The van der Waals surface area contributed by atoms with Crippen LogP contribution in [0, 0.1) is 0 Å². The second kappa shape index (κ2) is 4.45. The number of nitrogens with two attached hydrogens (primary N) is 1. The molecule has 1 saturated carbocycles. The fourth-order valence-corrected chi connectivity index (χ4v) is 2.53. The van der Waals surface area contributed by atoms with Crippen LogP contribution in [-0.4, -0.2) is 25.9 Å². The Kier molecular flexibility index (Phi) is 3.15. The second-order valence-electron chi connectivity index (χ2n) is 4.54. The lowest BCUT2D eigenvalue weighted by Gasteiger charge is -2.42. The van der Waals surface area contributed by atoms with Crippen LogP contribution in [0.2, 0.25) is 0 Å². The fourth-order valence-electron chi connectivity index (χ4n) is 2.53. The standard InChI is InChI=1S/C13H19NO3/c1-16-10-5-4-9(11(15)12(10)17-2)13(8-14)6-3-7-13/h4-5,15H,3,6-8,14H2,1-2H3. The third-order valence-electron chi connectivity index (χ3n) is 3.79. The van der Waals surface area contributed by atoms with Gasteiger partial charge in [-0.25, -0.2) is 0 Å². The van der Waals surface area contributed by atoms with E-state index in [9.17, 15) is 5.11 Å². The molecule has 1 aromatic carbocycles. The van der Waals surface area contributed by atoms with Gasteiger partial charge in [-0.15, -0.1) is 0 Å². The van der Waals surface area contributed by atoms with Crippen molar-refractivity contribution in [3.05, 3.63) is 17.7 Å². The Morgan fingerprint density at radius 2 is 2.00 bits per heavy atom. The third-order valence-corrected chi connectivity index (χ3v) is 3.79. The normalized spacial score (nSPS) is 17.4. The van der Waals surface area contributed by atoms with Crippen molar-refractivity contribution in [3.8, 4) is 17.2 Å². The molecule has 0 unspecified atom stereocenters. The highest BCUT2D eigenvalue weighted by Crippen LogP contribution is 2.50. The number of hydrogen-bond donors (Lipinski definition) is 2. The topological polar surface area (TPSA) is 64.7 Å². The van der Waals surface area contributed by atoms with E-state index in [1.165, 1.54) is 7.11 Å². The first-order valence-corrected chi connectivity index (χ1v) is 5.83. The van der Waals surface area contributed by atoms with Gasteiger partial charge in [0.25, 0.3) is 0 Å². The molecule has 17 heavy (non-hydrogen) atoms. The minimum Gasteiger partial charge on any atom is -0.504 e. The van der Waals surface area contributed by atoms with Gasteiger partial charge in [0.2, 0.25) is 5.75 Å². The highest BCUT2D eigenvalue weighted by molar-refractivity contribution is 5.57. The molecule has 0 aliphatic heterocycles. The van der Waals surface area contributed by atoms with Crippen LogP contribution in [0.3, 0.4) is 0 Å². The number of benzene rings is 1. The maximum atomic E-state index is 10.3. The zero-order valence-corrected chi connectivity index (χ0v) is 10.3. The Hall–Kier alpha value is -1.42. The molecule has 1 aliphatic rings.